The van der Waals surface area contributed by atoms with Crippen molar-refractivity contribution in [3.63, 3.8) is 0 Å². The maximum Gasteiger partial charge on any atom is 0.240 e. The lowest BCUT2D eigenvalue weighted by molar-refractivity contribution is 0.428. The van der Waals surface area contributed by atoms with Crippen LogP contribution in [-0.2, 0) is 10.0 Å². The van der Waals surface area contributed by atoms with Crippen molar-refractivity contribution in [3.05, 3.63) is 42.5 Å². The van der Waals surface area contributed by atoms with Gasteiger partial charge < -0.3 is 5.32 Å². The lowest BCUT2D eigenvalue weighted by atomic mass is 10.1. The molecular weight excluding hydrogens is 272 g/mol. The van der Waals surface area contributed by atoms with Crippen LogP contribution >= 0.6 is 0 Å². The number of benzene rings is 2. The predicted molar refractivity (Wildman–Crippen MR) is 80.2 cm³/mol. The van der Waals surface area contributed by atoms with E-state index in [1.54, 1.807) is 12.1 Å². The normalized spacial score (nSPS) is 20.1. The van der Waals surface area contributed by atoms with Gasteiger partial charge in [-0.25, -0.2) is 13.1 Å². The molecule has 0 unspecified atom stereocenters. The lowest BCUT2D eigenvalue weighted by Gasteiger charge is -2.23. The molecule has 1 atom stereocenters. The predicted octanol–water partition coefficient (Wildman–Crippen LogP) is 1.87. The van der Waals surface area contributed by atoms with Gasteiger partial charge in [0.2, 0.25) is 10.0 Å². The molecule has 2 aromatic carbocycles. The van der Waals surface area contributed by atoms with E-state index in [0.29, 0.717) is 11.4 Å². The molecule has 1 aliphatic heterocycles. The average Bonchev–Trinajstić information content (AvgIpc) is 2.47. The molecule has 0 radical (unpaired) electrons. The Hall–Kier alpha value is -1.43. The van der Waals surface area contributed by atoms with Crippen molar-refractivity contribution >= 4 is 20.8 Å². The molecule has 1 aliphatic rings. The van der Waals surface area contributed by atoms with Crippen molar-refractivity contribution in [2.45, 2.75) is 23.8 Å². The van der Waals surface area contributed by atoms with Crippen molar-refractivity contribution in [2.75, 3.05) is 13.1 Å². The molecule has 20 heavy (non-hydrogen) atoms. The molecule has 2 N–H and O–H groups in total. The van der Waals surface area contributed by atoms with E-state index in [1.807, 2.05) is 30.3 Å². The summed E-state index contributed by atoms with van der Waals surface area (Å²) in [6, 6.07) is 13.0. The van der Waals surface area contributed by atoms with Gasteiger partial charge in [0.05, 0.1) is 4.90 Å². The van der Waals surface area contributed by atoms with Gasteiger partial charge in [0.15, 0.2) is 0 Å². The van der Waals surface area contributed by atoms with E-state index in [-0.39, 0.29) is 6.04 Å². The minimum Gasteiger partial charge on any atom is -0.315 e. The van der Waals surface area contributed by atoms with E-state index in [0.717, 1.165) is 30.2 Å². The van der Waals surface area contributed by atoms with Gasteiger partial charge in [-0.15, -0.1) is 0 Å². The SMILES string of the molecule is O=S(=O)(N[C@@H]1CCCNC1)c1ccc2ccccc2c1. The molecule has 0 saturated carbocycles. The number of sulfonamides is 1. The highest BCUT2D eigenvalue weighted by molar-refractivity contribution is 7.89. The van der Waals surface area contributed by atoms with Crippen LogP contribution in [0, 0.1) is 0 Å². The summed E-state index contributed by atoms with van der Waals surface area (Å²) in [7, 11) is -3.44. The third-order valence-electron chi connectivity index (χ3n) is 3.65. The molecule has 0 aliphatic carbocycles. The van der Waals surface area contributed by atoms with Crippen LogP contribution in [0.1, 0.15) is 12.8 Å². The molecule has 5 heteroatoms. The molecule has 2 aromatic rings. The monoisotopic (exact) mass is 290 g/mol. The first-order valence-corrected chi connectivity index (χ1v) is 8.35. The average molecular weight is 290 g/mol. The van der Waals surface area contributed by atoms with Crippen LogP contribution in [0.2, 0.25) is 0 Å². The van der Waals surface area contributed by atoms with Gasteiger partial charge in [-0.2, -0.15) is 0 Å². The van der Waals surface area contributed by atoms with E-state index >= 15 is 0 Å². The Morgan fingerprint density at radius 1 is 1.10 bits per heavy atom. The summed E-state index contributed by atoms with van der Waals surface area (Å²) < 4.78 is 27.6. The zero-order valence-electron chi connectivity index (χ0n) is 11.2. The van der Waals surface area contributed by atoms with Crippen LogP contribution in [0.15, 0.2) is 47.4 Å². The largest absolute Gasteiger partial charge is 0.315 e. The molecule has 0 spiro atoms. The van der Waals surface area contributed by atoms with E-state index in [1.165, 1.54) is 0 Å². The zero-order chi connectivity index (χ0) is 14.0. The molecule has 0 bridgehead atoms. The second-order valence-corrected chi connectivity index (χ2v) is 6.89. The summed E-state index contributed by atoms with van der Waals surface area (Å²) in [6.07, 6.45) is 1.89. The van der Waals surface area contributed by atoms with Crippen LogP contribution in [-0.4, -0.2) is 27.5 Å². The fourth-order valence-corrected chi connectivity index (χ4v) is 3.88. The minimum absolute atomic E-state index is 0.0137. The standard InChI is InChI=1S/C15H18N2O2S/c18-20(19,17-14-6-3-9-16-11-14)15-8-7-12-4-1-2-5-13(12)10-15/h1-2,4-5,7-8,10,14,16-17H,3,6,9,11H2/t14-/m1/s1. The van der Waals surface area contributed by atoms with Gasteiger partial charge in [0.1, 0.15) is 0 Å². The Bertz CT molecular complexity index is 707. The van der Waals surface area contributed by atoms with Crippen LogP contribution in [0.5, 0.6) is 0 Å². The van der Waals surface area contributed by atoms with E-state index in [2.05, 4.69) is 10.0 Å². The maximum atomic E-state index is 12.4. The van der Waals surface area contributed by atoms with E-state index in [4.69, 9.17) is 0 Å². The quantitative estimate of drug-likeness (QED) is 0.907. The molecule has 106 valence electrons. The van der Waals surface area contributed by atoms with Gasteiger partial charge in [-0.3, -0.25) is 0 Å². The number of hydrogen-bond acceptors (Lipinski definition) is 3. The molecule has 0 amide bonds. The molecule has 4 nitrogen and oxygen atoms in total. The van der Waals surface area contributed by atoms with Gasteiger partial charge >= 0.3 is 0 Å². The Balaban J connectivity index is 1.88. The number of hydrogen-bond donors (Lipinski definition) is 2. The Morgan fingerprint density at radius 2 is 1.90 bits per heavy atom. The first-order valence-electron chi connectivity index (χ1n) is 6.87. The summed E-state index contributed by atoms with van der Waals surface area (Å²) in [4.78, 5) is 0.335. The molecular formula is C15H18N2O2S. The van der Waals surface area contributed by atoms with Crippen molar-refractivity contribution < 1.29 is 8.42 Å². The first kappa shape index (κ1) is 13.5. The summed E-state index contributed by atoms with van der Waals surface area (Å²) >= 11 is 0. The summed E-state index contributed by atoms with van der Waals surface area (Å²) in [5.74, 6) is 0. The van der Waals surface area contributed by atoms with Crippen LogP contribution in [0.4, 0.5) is 0 Å². The van der Waals surface area contributed by atoms with Gasteiger partial charge in [-0.05, 0) is 42.3 Å². The van der Waals surface area contributed by atoms with Crippen molar-refractivity contribution in [3.8, 4) is 0 Å². The maximum absolute atomic E-state index is 12.4. The number of rotatable bonds is 3. The lowest BCUT2D eigenvalue weighted by Crippen LogP contribution is -2.45. The smallest absolute Gasteiger partial charge is 0.240 e. The Morgan fingerprint density at radius 3 is 2.65 bits per heavy atom. The Labute approximate surface area is 119 Å². The van der Waals surface area contributed by atoms with Crippen molar-refractivity contribution in [2.24, 2.45) is 0 Å². The van der Waals surface area contributed by atoms with Crippen LogP contribution in [0.3, 0.4) is 0 Å². The van der Waals surface area contributed by atoms with Gasteiger partial charge in [0, 0.05) is 12.6 Å². The first-order chi connectivity index (χ1) is 9.65. The molecule has 1 heterocycles. The van der Waals surface area contributed by atoms with Crippen molar-refractivity contribution in [1.29, 1.82) is 0 Å². The molecule has 1 fully saturated rings. The highest BCUT2D eigenvalue weighted by Gasteiger charge is 2.21. The third-order valence-corrected chi connectivity index (χ3v) is 5.17. The second-order valence-electron chi connectivity index (χ2n) is 5.17. The number of fused-ring (bicyclic) bond motifs is 1. The number of nitrogens with one attached hydrogen (secondary N) is 2. The van der Waals surface area contributed by atoms with E-state index in [9.17, 15) is 8.42 Å². The topological polar surface area (TPSA) is 58.2 Å². The highest BCUT2D eigenvalue weighted by atomic mass is 32.2. The second kappa shape index (κ2) is 5.52. The third kappa shape index (κ3) is 2.85. The fraction of sp³-hybridized carbons (Fsp3) is 0.333. The molecule has 0 aromatic heterocycles. The van der Waals surface area contributed by atoms with Crippen LogP contribution < -0.4 is 10.0 Å². The summed E-state index contributed by atoms with van der Waals surface area (Å²) in [5, 5.41) is 5.20. The van der Waals surface area contributed by atoms with Crippen molar-refractivity contribution in [1.82, 2.24) is 10.0 Å². The minimum atomic E-state index is -3.44. The molecule has 3 rings (SSSR count). The van der Waals surface area contributed by atoms with E-state index < -0.39 is 10.0 Å². The highest BCUT2D eigenvalue weighted by Crippen LogP contribution is 2.19. The summed E-state index contributed by atoms with van der Waals surface area (Å²) in [6.45, 7) is 1.67. The fourth-order valence-electron chi connectivity index (χ4n) is 2.57. The Kier molecular flexibility index (Phi) is 3.74. The van der Waals surface area contributed by atoms with Gasteiger partial charge in [-0.1, -0.05) is 30.3 Å². The van der Waals surface area contributed by atoms with Gasteiger partial charge in [0.25, 0.3) is 0 Å². The number of piperidine rings is 1. The summed E-state index contributed by atoms with van der Waals surface area (Å²) in [5.41, 5.74) is 0. The zero-order valence-corrected chi connectivity index (χ0v) is 12.0. The molecule has 1 saturated heterocycles. The van der Waals surface area contributed by atoms with Crippen LogP contribution in [0.25, 0.3) is 10.8 Å².